The molecule has 18 heavy (non-hydrogen) atoms. The minimum absolute atomic E-state index is 0.142. The van der Waals surface area contributed by atoms with E-state index in [1.165, 1.54) is 0 Å². The van der Waals surface area contributed by atoms with Crippen LogP contribution in [0.1, 0.15) is 32.6 Å². The summed E-state index contributed by atoms with van der Waals surface area (Å²) in [5.41, 5.74) is 0.214. The predicted octanol–water partition coefficient (Wildman–Crippen LogP) is 3.20. The Morgan fingerprint density at radius 3 is 2.61 bits per heavy atom. The van der Waals surface area contributed by atoms with E-state index in [1.807, 2.05) is 45.2 Å². The molecule has 1 atom stereocenters. The van der Waals surface area contributed by atoms with Crippen LogP contribution in [0, 0.1) is 0 Å². The van der Waals surface area contributed by atoms with Crippen molar-refractivity contribution in [3.63, 3.8) is 0 Å². The molecule has 1 heterocycles. The molecule has 0 amide bonds. The first-order chi connectivity index (χ1) is 8.37. The number of fused-ring (bicyclic) bond motifs is 1. The Kier molecular flexibility index (Phi) is 3.46. The smallest absolute Gasteiger partial charge is 0.134 e. The van der Waals surface area contributed by atoms with Crippen LogP contribution in [-0.2, 0) is 0 Å². The number of aliphatic hydroxyl groups is 1. The van der Waals surface area contributed by atoms with Crippen molar-refractivity contribution in [2.24, 2.45) is 0 Å². The maximum atomic E-state index is 9.85. The van der Waals surface area contributed by atoms with Gasteiger partial charge in [-0.2, -0.15) is 0 Å². The van der Waals surface area contributed by atoms with Gasteiger partial charge in [0.25, 0.3) is 0 Å². The van der Waals surface area contributed by atoms with Gasteiger partial charge >= 0.3 is 0 Å². The van der Waals surface area contributed by atoms with Crippen LogP contribution in [0.15, 0.2) is 34.7 Å². The highest BCUT2D eigenvalue weighted by Crippen LogP contribution is 2.27. The third-order valence-corrected chi connectivity index (χ3v) is 3.15. The Morgan fingerprint density at radius 2 is 2.00 bits per heavy atom. The highest BCUT2D eigenvalue weighted by Gasteiger charge is 2.22. The number of likely N-dealkylation sites (N-methyl/N-ethyl adjacent to an activating group) is 1. The molecule has 2 aromatic rings. The third kappa shape index (κ3) is 2.92. The molecule has 1 unspecified atom stereocenters. The minimum Gasteiger partial charge on any atom is -0.459 e. The number of rotatable bonds is 4. The first-order valence-corrected chi connectivity index (χ1v) is 6.28. The minimum atomic E-state index is -0.699. The molecule has 3 heteroatoms. The second kappa shape index (κ2) is 4.75. The van der Waals surface area contributed by atoms with Gasteiger partial charge < -0.3 is 9.52 Å². The molecule has 0 saturated heterocycles. The summed E-state index contributed by atoms with van der Waals surface area (Å²) < 4.78 is 5.84. The van der Waals surface area contributed by atoms with Gasteiger partial charge in [0, 0.05) is 11.9 Å². The van der Waals surface area contributed by atoms with E-state index < -0.39 is 5.60 Å². The summed E-state index contributed by atoms with van der Waals surface area (Å²) in [6, 6.07) is 10.2. The lowest BCUT2D eigenvalue weighted by atomic mass is 10.1. The normalized spacial score (nSPS) is 14.3. The van der Waals surface area contributed by atoms with Gasteiger partial charge in [0.1, 0.15) is 11.3 Å². The van der Waals surface area contributed by atoms with E-state index in [4.69, 9.17) is 4.42 Å². The molecule has 0 fully saturated rings. The van der Waals surface area contributed by atoms with Gasteiger partial charge in [0.05, 0.1) is 11.6 Å². The quantitative estimate of drug-likeness (QED) is 0.901. The summed E-state index contributed by atoms with van der Waals surface area (Å²) in [6.45, 7) is 6.32. The van der Waals surface area contributed by atoms with Crippen molar-refractivity contribution < 1.29 is 9.52 Å². The summed E-state index contributed by atoms with van der Waals surface area (Å²) >= 11 is 0. The fraction of sp³-hybridized carbons (Fsp3) is 0.467. The SMILES string of the molecule is CC(c1cc2ccccc2o1)N(C)CC(C)(C)O. The molecule has 0 aliphatic rings. The monoisotopic (exact) mass is 247 g/mol. The fourth-order valence-electron chi connectivity index (χ4n) is 2.17. The number of nitrogens with zero attached hydrogens (tertiary/aromatic N) is 1. The molecule has 1 aromatic heterocycles. The maximum Gasteiger partial charge on any atom is 0.134 e. The molecule has 1 N–H and O–H groups in total. The predicted molar refractivity (Wildman–Crippen MR) is 73.6 cm³/mol. The highest BCUT2D eigenvalue weighted by atomic mass is 16.3. The van der Waals surface area contributed by atoms with Crippen LogP contribution in [0.4, 0.5) is 0 Å². The van der Waals surface area contributed by atoms with Gasteiger partial charge in [-0.25, -0.2) is 0 Å². The van der Waals surface area contributed by atoms with Crippen molar-refractivity contribution in [1.29, 1.82) is 0 Å². The summed E-state index contributed by atoms with van der Waals surface area (Å²) in [4.78, 5) is 2.09. The topological polar surface area (TPSA) is 36.6 Å². The number of hydrogen-bond acceptors (Lipinski definition) is 3. The van der Waals surface area contributed by atoms with Gasteiger partial charge in [0.2, 0.25) is 0 Å². The summed E-state index contributed by atoms with van der Waals surface area (Å²) in [6.07, 6.45) is 0. The Hall–Kier alpha value is -1.32. The first kappa shape index (κ1) is 13.1. The zero-order chi connectivity index (χ0) is 13.3. The molecule has 1 aromatic carbocycles. The molecule has 0 bridgehead atoms. The van der Waals surface area contributed by atoms with Gasteiger partial charge in [-0.3, -0.25) is 4.90 Å². The van der Waals surface area contributed by atoms with Gasteiger partial charge in [0.15, 0.2) is 0 Å². The Bertz CT molecular complexity index is 492. The largest absolute Gasteiger partial charge is 0.459 e. The summed E-state index contributed by atoms with van der Waals surface area (Å²) in [5.74, 6) is 0.933. The van der Waals surface area contributed by atoms with E-state index in [2.05, 4.69) is 17.9 Å². The Balaban J connectivity index is 2.20. The number of hydrogen-bond donors (Lipinski definition) is 1. The molecule has 0 aliphatic carbocycles. The van der Waals surface area contributed by atoms with Crippen LogP contribution in [0.25, 0.3) is 11.0 Å². The van der Waals surface area contributed by atoms with Crippen LogP contribution < -0.4 is 0 Å². The van der Waals surface area contributed by atoms with Crippen molar-refractivity contribution in [2.75, 3.05) is 13.6 Å². The van der Waals surface area contributed by atoms with E-state index >= 15 is 0 Å². The van der Waals surface area contributed by atoms with Crippen molar-refractivity contribution in [2.45, 2.75) is 32.4 Å². The van der Waals surface area contributed by atoms with Crippen LogP contribution >= 0.6 is 0 Å². The molecule has 2 rings (SSSR count). The fourth-order valence-corrected chi connectivity index (χ4v) is 2.17. The Morgan fingerprint density at radius 1 is 1.33 bits per heavy atom. The zero-order valence-electron chi connectivity index (χ0n) is 11.5. The molecule has 0 saturated carbocycles. The van der Waals surface area contributed by atoms with Crippen molar-refractivity contribution in [1.82, 2.24) is 4.90 Å². The van der Waals surface area contributed by atoms with E-state index in [0.29, 0.717) is 6.54 Å². The average Bonchev–Trinajstić information content (AvgIpc) is 2.68. The zero-order valence-corrected chi connectivity index (χ0v) is 11.5. The van der Waals surface area contributed by atoms with E-state index in [1.54, 1.807) is 0 Å². The summed E-state index contributed by atoms with van der Waals surface area (Å²) in [5, 5.41) is 11.0. The number of furan rings is 1. The number of para-hydroxylation sites is 1. The molecule has 98 valence electrons. The highest BCUT2D eigenvalue weighted by molar-refractivity contribution is 5.77. The molecule has 0 aliphatic heterocycles. The Labute approximate surface area is 108 Å². The lowest BCUT2D eigenvalue weighted by Gasteiger charge is -2.29. The number of benzene rings is 1. The van der Waals surface area contributed by atoms with Gasteiger partial charge in [-0.1, -0.05) is 18.2 Å². The van der Waals surface area contributed by atoms with Crippen molar-refractivity contribution in [3.05, 3.63) is 36.1 Å². The molecule has 3 nitrogen and oxygen atoms in total. The lowest BCUT2D eigenvalue weighted by molar-refractivity contribution is 0.0308. The van der Waals surface area contributed by atoms with E-state index in [0.717, 1.165) is 16.7 Å². The van der Waals surface area contributed by atoms with Gasteiger partial charge in [-0.05, 0) is 40.0 Å². The molecular formula is C15H21NO2. The van der Waals surface area contributed by atoms with Crippen molar-refractivity contribution in [3.8, 4) is 0 Å². The second-order valence-electron chi connectivity index (χ2n) is 5.59. The van der Waals surface area contributed by atoms with Crippen LogP contribution in [0.2, 0.25) is 0 Å². The third-order valence-electron chi connectivity index (χ3n) is 3.15. The van der Waals surface area contributed by atoms with Crippen LogP contribution in [0.3, 0.4) is 0 Å². The average molecular weight is 247 g/mol. The van der Waals surface area contributed by atoms with Crippen LogP contribution in [0.5, 0.6) is 0 Å². The lowest BCUT2D eigenvalue weighted by Crippen LogP contribution is -2.37. The summed E-state index contributed by atoms with van der Waals surface area (Å²) in [7, 11) is 2.00. The standard InChI is InChI=1S/C15H21NO2/c1-11(16(4)10-15(2,3)17)14-9-12-7-5-6-8-13(12)18-14/h5-9,11,17H,10H2,1-4H3. The molecular weight excluding hydrogens is 226 g/mol. The van der Waals surface area contributed by atoms with Crippen LogP contribution in [-0.4, -0.2) is 29.2 Å². The van der Waals surface area contributed by atoms with E-state index in [-0.39, 0.29) is 6.04 Å². The maximum absolute atomic E-state index is 9.85. The molecule has 0 radical (unpaired) electrons. The van der Waals surface area contributed by atoms with E-state index in [9.17, 15) is 5.11 Å². The second-order valence-corrected chi connectivity index (χ2v) is 5.59. The first-order valence-electron chi connectivity index (χ1n) is 6.28. The van der Waals surface area contributed by atoms with Crippen molar-refractivity contribution >= 4 is 11.0 Å². The molecule has 0 spiro atoms. The van der Waals surface area contributed by atoms with Gasteiger partial charge in [-0.15, -0.1) is 0 Å².